The van der Waals surface area contributed by atoms with Crippen molar-refractivity contribution in [2.24, 2.45) is 0 Å². The van der Waals surface area contributed by atoms with Gasteiger partial charge >= 0.3 is 6.03 Å². The lowest BCUT2D eigenvalue weighted by atomic mass is 9.99. The maximum absolute atomic E-state index is 12.8. The van der Waals surface area contributed by atoms with E-state index in [2.05, 4.69) is 16.1 Å². The Labute approximate surface area is 177 Å². The van der Waals surface area contributed by atoms with Gasteiger partial charge in [-0.1, -0.05) is 12.1 Å². The van der Waals surface area contributed by atoms with Gasteiger partial charge in [0.05, 0.1) is 4.91 Å². The highest BCUT2D eigenvalue weighted by Crippen LogP contribution is 2.38. The Morgan fingerprint density at radius 1 is 1.10 bits per heavy atom. The van der Waals surface area contributed by atoms with E-state index in [4.69, 9.17) is 5.11 Å². The fraction of sp³-hybridized carbons (Fsp3) is 0.500. The molecular formula is C22H29N3O4S. The summed E-state index contributed by atoms with van der Waals surface area (Å²) in [5.41, 5.74) is 5.72. The number of allylic oxidation sites excluding steroid dienone is 1. The lowest BCUT2D eigenvalue weighted by molar-refractivity contribution is 0.256. The third-order valence-electron chi connectivity index (χ3n) is 6.06. The minimum absolute atomic E-state index is 0.0904. The number of aliphatic hydroxyl groups excluding tert-OH is 1. The van der Waals surface area contributed by atoms with Gasteiger partial charge in [-0.15, -0.1) is 0 Å². The average molecular weight is 432 g/mol. The SMILES string of the molecule is O=C(Nc1c2c(cc3c1CCC3)CCC2)NS(=O)(=O)C1=CCCN(CCCO)C=C1. The molecule has 1 aromatic carbocycles. The van der Waals surface area contributed by atoms with Gasteiger partial charge in [-0.3, -0.25) is 0 Å². The van der Waals surface area contributed by atoms with Crippen molar-refractivity contribution in [3.05, 3.63) is 51.6 Å². The van der Waals surface area contributed by atoms with Crippen molar-refractivity contribution in [2.45, 2.75) is 51.4 Å². The van der Waals surface area contributed by atoms with E-state index in [9.17, 15) is 13.2 Å². The van der Waals surface area contributed by atoms with Gasteiger partial charge in [0.15, 0.2) is 0 Å². The number of rotatable bonds is 6. The minimum Gasteiger partial charge on any atom is -0.396 e. The summed E-state index contributed by atoms with van der Waals surface area (Å²) in [5, 5.41) is 11.8. The number of fused-ring (bicyclic) bond motifs is 2. The van der Waals surface area contributed by atoms with Crippen LogP contribution in [0.2, 0.25) is 0 Å². The third-order valence-corrected chi connectivity index (χ3v) is 7.44. The van der Waals surface area contributed by atoms with E-state index in [-0.39, 0.29) is 11.5 Å². The molecule has 7 nitrogen and oxygen atoms in total. The molecule has 4 rings (SSSR count). The Bertz CT molecular complexity index is 966. The highest BCUT2D eigenvalue weighted by Gasteiger charge is 2.26. The van der Waals surface area contributed by atoms with Crippen LogP contribution in [0.3, 0.4) is 0 Å². The minimum atomic E-state index is -3.96. The standard InChI is InChI=1S/C22H29N3O4S/c26-14-4-12-25-11-3-7-18(10-13-25)30(28,29)24-22(27)23-21-19-8-1-5-16(19)15-17-6-2-9-20(17)21/h7,10,13,15,26H,1-6,8-9,11-12,14H2,(H2,23,24,27). The van der Waals surface area contributed by atoms with Crippen LogP contribution in [-0.2, 0) is 35.7 Å². The maximum Gasteiger partial charge on any atom is 0.333 e. The molecule has 0 radical (unpaired) electrons. The molecule has 0 aromatic heterocycles. The number of sulfonamides is 1. The maximum atomic E-state index is 12.8. The predicted octanol–water partition coefficient (Wildman–Crippen LogP) is 2.60. The van der Waals surface area contributed by atoms with Crippen molar-refractivity contribution >= 4 is 21.7 Å². The topological polar surface area (TPSA) is 98.7 Å². The number of nitrogens with one attached hydrogen (secondary N) is 2. The van der Waals surface area contributed by atoms with Crippen molar-refractivity contribution in [1.29, 1.82) is 0 Å². The molecule has 1 heterocycles. The van der Waals surface area contributed by atoms with Crippen LogP contribution in [-0.4, -0.2) is 44.2 Å². The Balaban J connectivity index is 1.48. The molecule has 0 fully saturated rings. The monoisotopic (exact) mass is 431 g/mol. The van der Waals surface area contributed by atoms with E-state index >= 15 is 0 Å². The Hall–Kier alpha value is -2.32. The molecule has 2 aliphatic carbocycles. The number of carbonyl (C=O) groups excluding carboxylic acids is 1. The van der Waals surface area contributed by atoms with Crippen molar-refractivity contribution in [1.82, 2.24) is 9.62 Å². The van der Waals surface area contributed by atoms with Gasteiger partial charge in [0, 0.05) is 31.6 Å². The van der Waals surface area contributed by atoms with Crippen LogP contribution in [0, 0.1) is 0 Å². The first kappa shape index (κ1) is 20.9. The summed E-state index contributed by atoms with van der Waals surface area (Å²) in [7, 11) is -3.96. The molecule has 0 unspecified atom stereocenters. The average Bonchev–Trinajstić information content (AvgIpc) is 3.29. The largest absolute Gasteiger partial charge is 0.396 e. The van der Waals surface area contributed by atoms with Crippen LogP contribution in [0.4, 0.5) is 10.5 Å². The molecule has 1 aromatic rings. The zero-order chi connectivity index (χ0) is 21.1. The predicted molar refractivity (Wildman–Crippen MR) is 117 cm³/mol. The van der Waals surface area contributed by atoms with Crippen molar-refractivity contribution in [3.63, 3.8) is 0 Å². The van der Waals surface area contributed by atoms with Gasteiger partial charge < -0.3 is 15.3 Å². The molecule has 3 aliphatic rings. The van der Waals surface area contributed by atoms with Gasteiger partial charge in [0.2, 0.25) is 0 Å². The highest BCUT2D eigenvalue weighted by atomic mass is 32.2. The molecule has 3 N–H and O–H groups in total. The Morgan fingerprint density at radius 3 is 2.47 bits per heavy atom. The number of urea groups is 1. The van der Waals surface area contributed by atoms with E-state index < -0.39 is 16.1 Å². The molecular weight excluding hydrogens is 402 g/mol. The number of anilines is 1. The first-order chi connectivity index (χ1) is 14.5. The van der Waals surface area contributed by atoms with Gasteiger partial charge in [0.1, 0.15) is 0 Å². The second-order valence-corrected chi connectivity index (χ2v) is 9.80. The summed E-state index contributed by atoms with van der Waals surface area (Å²) in [4.78, 5) is 14.7. The smallest absolute Gasteiger partial charge is 0.333 e. The lowest BCUT2D eigenvalue weighted by Gasteiger charge is -2.17. The van der Waals surface area contributed by atoms with E-state index in [0.29, 0.717) is 25.9 Å². The quantitative estimate of drug-likeness (QED) is 0.643. The molecule has 0 bridgehead atoms. The number of aliphatic hydroxyl groups is 1. The number of aryl methyl sites for hydroxylation is 2. The number of carbonyl (C=O) groups is 1. The van der Waals surface area contributed by atoms with E-state index in [1.807, 2.05) is 4.90 Å². The van der Waals surface area contributed by atoms with Crippen LogP contribution in [0.15, 0.2) is 29.3 Å². The second-order valence-electron chi connectivity index (χ2n) is 8.12. The number of nitrogens with zero attached hydrogens (tertiary/aromatic N) is 1. The molecule has 0 saturated carbocycles. The first-order valence-corrected chi connectivity index (χ1v) is 12.2. The van der Waals surface area contributed by atoms with E-state index in [1.165, 1.54) is 17.2 Å². The first-order valence-electron chi connectivity index (χ1n) is 10.7. The van der Waals surface area contributed by atoms with Crippen LogP contribution >= 0.6 is 0 Å². The lowest BCUT2D eigenvalue weighted by Crippen LogP contribution is -2.35. The molecule has 8 heteroatoms. The molecule has 0 saturated heterocycles. The normalized spacial score (nSPS) is 17.9. The van der Waals surface area contributed by atoms with Gasteiger partial charge in [-0.2, -0.15) is 0 Å². The van der Waals surface area contributed by atoms with Crippen LogP contribution in [0.5, 0.6) is 0 Å². The summed E-state index contributed by atoms with van der Waals surface area (Å²) in [5.74, 6) is 0. The van der Waals surface area contributed by atoms with Crippen LogP contribution in [0.25, 0.3) is 0 Å². The Kier molecular flexibility index (Phi) is 6.15. The summed E-state index contributed by atoms with van der Waals surface area (Å²) in [6, 6.07) is 1.56. The zero-order valence-electron chi connectivity index (χ0n) is 17.1. The highest BCUT2D eigenvalue weighted by molar-refractivity contribution is 7.94. The summed E-state index contributed by atoms with van der Waals surface area (Å²) >= 11 is 0. The molecule has 0 spiro atoms. The van der Waals surface area contributed by atoms with Gasteiger partial charge in [-0.05, 0) is 79.7 Å². The van der Waals surface area contributed by atoms with Crippen molar-refractivity contribution in [2.75, 3.05) is 25.0 Å². The van der Waals surface area contributed by atoms with Crippen LogP contribution < -0.4 is 10.0 Å². The van der Waals surface area contributed by atoms with E-state index in [0.717, 1.165) is 55.3 Å². The number of hydrogen-bond acceptors (Lipinski definition) is 5. The number of benzene rings is 1. The van der Waals surface area contributed by atoms with E-state index in [1.54, 1.807) is 12.3 Å². The summed E-state index contributed by atoms with van der Waals surface area (Å²) in [6.45, 7) is 1.42. The van der Waals surface area contributed by atoms with Crippen LogP contribution in [0.1, 0.15) is 47.9 Å². The molecule has 162 valence electrons. The molecule has 30 heavy (non-hydrogen) atoms. The summed E-state index contributed by atoms with van der Waals surface area (Å²) < 4.78 is 27.7. The zero-order valence-corrected chi connectivity index (χ0v) is 17.9. The molecule has 1 aliphatic heterocycles. The number of hydrogen-bond donors (Lipinski definition) is 3. The van der Waals surface area contributed by atoms with Gasteiger partial charge in [0.25, 0.3) is 10.0 Å². The van der Waals surface area contributed by atoms with Crippen molar-refractivity contribution < 1.29 is 18.3 Å². The third kappa shape index (κ3) is 4.39. The fourth-order valence-electron chi connectivity index (χ4n) is 4.64. The molecule has 0 atom stereocenters. The molecule has 2 amide bonds. The summed E-state index contributed by atoms with van der Waals surface area (Å²) in [6.07, 6.45) is 12.0. The second kappa shape index (κ2) is 8.81. The Morgan fingerprint density at radius 2 is 1.80 bits per heavy atom. The fourth-order valence-corrected chi connectivity index (χ4v) is 5.63. The number of amides is 2. The van der Waals surface area contributed by atoms with Crippen molar-refractivity contribution in [3.8, 4) is 0 Å². The van der Waals surface area contributed by atoms with Gasteiger partial charge in [-0.25, -0.2) is 17.9 Å².